The van der Waals surface area contributed by atoms with Gasteiger partial charge in [0.15, 0.2) is 5.75 Å². The number of halogens is 3. The Kier molecular flexibility index (Phi) is 6.72. The van der Waals surface area contributed by atoms with E-state index in [1.165, 1.54) is 0 Å². The second-order valence-electron chi connectivity index (χ2n) is 8.39. The summed E-state index contributed by atoms with van der Waals surface area (Å²) >= 11 is 0.719. The van der Waals surface area contributed by atoms with Gasteiger partial charge >= 0.3 is 27.8 Å². The molecule has 0 fully saturated rings. The number of pyridine rings is 1. The molecule has 0 aliphatic carbocycles. The molecule has 2 aromatic rings. The molecule has 2 amide bonds. The van der Waals surface area contributed by atoms with Crippen molar-refractivity contribution in [1.29, 1.82) is 0 Å². The van der Waals surface area contributed by atoms with Gasteiger partial charge in [0.25, 0.3) is 0 Å². The van der Waals surface area contributed by atoms with E-state index in [4.69, 9.17) is 9.47 Å². The molecule has 2 aromatic heterocycles. The standard InChI is InChI=1S/C18H21F3N2O7S2/c1-16(2,3)28-14(24)23(15(25)29-17(4,5)6)12-9-10-11(7-8-22-13(10)31-12)30-32(26,27)18(19,20)21/h7-9H,1-6H3. The molecular formula is C18H21F3N2O7S2. The smallest absolute Gasteiger partial charge is 0.443 e. The number of aromatic nitrogens is 1. The molecule has 0 aliphatic heterocycles. The van der Waals surface area contributed by atoms with Gasteiger partial charge in [-0.1, -0.05) is 11.3 Å². The highest BCUT2D eigenvalue weighted by Gasteiger charge is 2.49. The highest BCUT2D eigenvalue weighted by Crippen LogP contribution is 2.39. The lowest BCUT2D eigenvalue weighted by atomic mass is 10.2. The Bertz CT molecular complexity index is 1100. The Labute approximate surface area is 186 Å². The second-order valence-corrected chi connectivity index (χ2v) is 10.9. The summed E-state index contributed by atoms with van der Waals surface area (Å²) in [5, 5.41) is -0.297. The number of imide groups is 1. The summed E-state index contributed by atoms with van der Waals surface area (Å²) in [6.07, 6.45) is -1.19. The first-order valence-corrected chi connectivity index (χ1v) is 11.2. The van der Waals surface area contributed by atoms with Crippen LogP contribution in [0.1, 0.15) is 41.5 Å². The van der Waals surface area contributed by atoms with Crippen molar-refractivity contribution in [3.63, 3.8) is 0 Å². The van der Waals surface area contributed by atoms with Gasteiger partial charge in [-0.25, -0.2) is 14.6 Å². The summed E-state index contributed by atoms with van der Waals surface area (Å²) in [5.41, 5.74) is -7.62. The van der Waals surface area contributed by atoms with Crippen LogP contribution in [-0.4, -0.2) is 42.3 Å². The van der Waals surface area contributed by atoms with Crippen LogP contribution in [0.15, 0.2) is 18.3 Å². The summed E-state index contributed by atoms with van der Waals surface area (Å²) < 4.78 is 75.7. The SMILES string of the molecule is CC(C)(C)OC(=O)N(C(=O)OC(C)(C)C)c1cc2c(OS(=O)(=O)C(F)(F)F)ccnc2s1. The first kappa shape index (κ1) is 25.6. The topological polar surface area (TPSA) is 112 Å². The molecule has 0 spiro atoms. The molecule has 9 nitrogen and oxygen atoms in total. The fourth-order valence-electron chi connectivity index (χ4n) is 2.12. The van der Waals surface area contributed by atoms with E-state index in [1.807, 2.05) is 0 Å². The van der Waals surface area contributed by atoms with Gasteiger partial charge in [0, 0.05) is 12.3 Å². The number of hydrogen-bond donors (Lipinski definition) is 0. The van der Waals surface area contributed by atoms with E-state index in [0.29, 0.717) is 4.90 Å². The van der Waals surface area contributed by atoms with Gasteiger partial charge in [-0.2, -0.15) is 26.5 Å². The quantitative estimate of drug-likeness (QED) is 0.419. The Balaban J connectivity index is 2.57. The number of hydrogen-bond acceptors (Lipinski definition) is 9. The van der Waals surface area contributed by atoms with Crippen LogP contribution in [-0.2, 0) is 19.6 Å². The maximum atomic E-state index is 12.7. The van der Waals surface area contributed by atoms with Crippen molar-refractivity contribution < 1.29 is 44.8 Å². The minimum atomic E-state index is -5.95. The van der Waals surface area contributed by atoms with Gasteiger partial charge in [0.1, 0.15) is 21.0 Å². The van der Waals surface area contributed by atoms with Crippen molar-refractivity contribution in [2.75, 3.05) is 4.90 Å². The molecule has 0 saturated heterocycles. The average Bonchev–Trinajstić information content (AvgIpc) is 2.94. The summed E-state index contributed by atoms with van der Waals surface area (Å²) in [6, 6.07) is 2.00. The van der Waals surface area contributed by atoms with E-state index in [2.05, 4.69) is 9.17 Å². The first-order valence-electron chi connectivity index (χ1n) is 8.96. The monoisotopic (exact) mass is 498 g/mol. The zero-order valence-corrected chi connectivity index (χ0v) is 19.6. The van der Waals surface area contributed by atoms with Gasteiger partial charge in [0.05, 0.1) is 5.39 Å². The Morgan fingerprint density at radius 2 is 1.50 bits per heavy atom. The number of fused-ring (bicyclic) bond motifs is 1. The highest BCUT2D eigenvalue weighted by molar-refractivity contribution is 7.88. The summed E-state index contributed by atoms with van der Waals surface area (Å²) in [4.78, 5) is 29.9. The number of alkyl halides is 3. The maximum absolute atomic E-state index is 12.7. The van der Waals surface area contributed by atoms with Crippen LogP contribution in [0.3, 0.4) is 0 Å². The Hall–Kier alpha value is -2.61. The van der Waals surface area contributed by atoms with Crippen LogP contribution in [0, 0.1) is 0 Å². The normalized spacial score (nSPS) is 13.0. The zero-order valence-electron chi connectivity index (χ0n) is 17.9. The van der Waals surface area contributed by atoms with Crippen LogP contribution >= 0.6 is 11.3 Å². The molecule has 0 aromatic carbocycles. The molecule has 2 heterocycles. The van der Waals surface area contributed by atoms with Crippen molar-refractivity contribution in [1.82, 2.24) is 4.98 Å². The van der Waals surface area contributed by atoms with Crippen LogP contribution in [0.2, 0.25) is 0 Å². The third kappa shape index (κ3) is 6.22. The minimum absolute atomic E-state index is 0.00647. The van der Waals surface area contributed by atoms with Crippen molar-refractivity contribution in [2.24, 2.45) is 0 Å². The van der Waals surface area contributed by atoms with Gasteiger partial charge in [-0.3, -0.25) is 0 Å². The average molecular weight is 499 g/mol. The number of carbonyl (C=O) groups excluding carboxylic acids is 2. The Morgan fingerprint density at radius 1 is 1.00 bits per heavy atom. The molecule has 14 heteroatoms. The second kappa shape index (κ2) is 8.39. The molecule has 0 radical (unpaired) electrons. The molecular weight excluding hydrogens is 477 g/mol. The van der Waals surface area contributed by atoms with Crippen molar-refractivity contribution in [3.8, 4) is 5.75 Å². The largest absolute Gasteiger partial charge is 0.534 e. The predicted octanol–water partition coefficient (Wildman–Crippen LogP) is 5.20. The van der Waals surface area contributed by atoms with Crippen LogP contribution in [0.25, 0.3) is 10.2 Å². The van der Waals surface area contributed by atoms with Gasteiger partial charge < -0.3 is 13.7 Å². The van der Waals surface area contributed by atoms with E-state index < -0.39 is 44.8 Å². The van der Waals surface area contributed by atoms with Crippen LogP contribution < -0.4 is 9.08 Å². The third-order valence-corrected chi connectivity index (χ3v) is 5.23. The number of ether oxygens (including phenoxy) is 2. The number of nitrogens with zero attached hydrogens (tertiary/aromatic N) is 2. The van der Waals surface area contributed by atoms with Crippen molar-refractivity contribution in [3.05, 3.63) is 18.3 Å². The molecule has 0 atom stereocenters. The molecule has 0 bridgehead atoms. The summed E-state index contributed by atoms with van der Waals surface area (Å²) in [5.74, 6) is -0.678. The minimum Gasteiger partial charge on any atom is -0.443 e. The van der Waals surface area contributed by atoms with E-state index in [0.717, 1.165) is 29.7 Å². The van der Waals surface area contributed by atoms with Crippen LogP contribution in [0.4, 0.5) is 27.8 Å². The lowest BCUT2D eigenvalue weighted by molar-refractivity contribution is -0.0499. The zero-order chi connectivity index (χ0) is 24.7. The molecule has 0 saturated carbocycles. The number of anilines is 1. The number of amides is 2. The molecule has 2 rings (SSSR count). The highest BCUT2D eigenvalue weighted by atomic mass is 32.2. The van der Waals surface area contributed by atoms with Gasteiger partial charge in [-0.15, -0.1) is 0 Å². The molecule has 0 N–H and O–H groups in total. The molecule has 0 aliphatic rings. The summed E-state index contributed by atoms with van der Waals surface area (Å²) in [6.45, 7) is 9.41. The molecule has 32 heavy (non-hydrogen) atoms. The van der Waals surface area contributed by atoms with Crippen LogP contribution in [0.5, 0.6) is 5.75 Å². The fraction of sp³-hybridized carbons (Fsp3) is 0.500. The van der Waals surface area contributed by atoms with Gasteiger partial charge in [0.2, 0.25) is 0 Å². The third-order valence-electron chi connectivity index (χ3n) is 3.24. The van der Waals surface area contributed by atoms with Crippen molar-refractivity contribution in [2.45, 2.75) is 58.3 Å². The lowest BCUT2D eigenvalue weighted by Crippen LogP contribution is -2.43. The number of thiophene rings is 1. The molecule has 178 valence electrons. The van der Waals surface area contributed by atoms with Gasteiger partial charge in [-0.05, 0) is 47.6 Å². The van der Waals surface area contributed by atoms with Crippen molar-refractivity contribution >= 4 is 48.9 Å². The van der Waals surface area contributed by atoms with E-state index in [-0.39, 0.29) is 15.2 Å². The lowest BCUT2D eigenvalue weighted by Gasteiger charge is -2.27. The first-order chi connectivity index (χ1) is 14.3. The Morgan fingerprint density at radius 3 is 1.94 bits per heavy atom. The number of carbonyl (C=O) groups is 2. The fourth-order valence-corrected chi connectivity index (χ4v) is 3.60. The van der Waals surface area contributed by atoms with E-state index >= 15 is 0 Å². The summed E-state index contributed by atoms with van der Waals surface area (Å²) in [7, 11) is -5.95. The number of rotatable bonds is 3. The maximum Gasteiger partial charge on any atom is 0.534 e. The van der Waals surface area contributed by atoms with E-state index in [9.17, 15) is 31.2 Å². The van der Waals surface area contributed by atoms with E-state index in [1.54, 1.807) is 41.5 Å². The predicted molar refractivity (Wildman–Crippen MR) is 110 cm³/mol. The molecule has 0 unspecified atom stereocenters.